The second-order valence-corrected chi connectivity index (χ2v) is 6.85. The van der Waals surface area contributed by atoms with E-state index in [1.165, 1.54) is 6.42 Å². The Labute approximate surface area is 170 Å². The molecule has 0 spiro atoms. The lowest BCUT2D eigenvalue weighted by atomic mass is 10.1. The van der Waals surface area contributed by atoms with Crippen molar-refractivity contribution in [1.29, 1.82) is 0 Å². The number of ether oxygens (including phenoxy) is 3. The van der Waals surface area contributed by atoms with Crippen molar-refractivity contribution >= 4 is 17.9 Å². The van der Waals surface area contributed by atoms with Crippen molar-refractivity contribution in [1.82, 2.24) is 0 Å². The van der Waals surface area contributed by atoms with E-state index in [1.807, 2.05) is 20.8 Å². The molecule has 0 radical (unpaired) electrons. The van der Waals surface area contributed by atoms with Gasteiger partial charge in [0.15, 0.2) is 6.10 Å². The van der Waals surface area contributed by atoms with Crippen LogP contribution in [0.2, 0.25) is 0 Å². The van der Waals surface area contributed by atoms with Crippen LogP contribution in [0.25, 0.3) is 0 Å². The van der Waals surface area contributed by atoms with Crippen LogP contribution in [0.1, 0.15) is 91.4 Å². The van der Waals surface area contributed by atoms with Crippen molar-refractivity contribution in [2.45, 2.75) is 97.5 Å². The van der Waals surface area contributed by atoms with E-state index in [0.717, 1.165) is 32.1 Å². The van der Waals surface area contributed by atoms with Gasteiger partial charge in [0.2, 0.25) is 0 Å². The highest BCUT2D eigenvalue weighted by Crippen LogP contribution is 2.09. The molecule has 0 aliphatic carbocycles. The van der Waals surface area contributed by atoms with Gasteiger partial charge in [-0.2, -0.15) is 0 Å². The van der Waals surface area contributed by atoms with Crippen molar-refractivity contribution in [2.24, 2.45) is 0 Å². The zero-order valence-electron chi connectivity index (χ0n) is 17.9. The summed E-state index contributed by atoms with van der Waals surface area (Å²) in [6.45, 7) is 5.61. The van der Waals surface area contributed by atoms with Crippen LogP contribution in [0.15, 0.2) is 12.2 Å². The normalized spacial score (nSPS) is 11.0. The van der Waals surface area contributed by atoms with Crippen LogP contribution in [-0.2, 0) is 28.6 Å². The van der Waals surface area contributed by atoms with Gasteiger partial charge in [0, 0.05) is 19.3 Å². The predicted octanol–water partition coefficient (Wildman–Crippen LogP) is 4.89. The Hall–Kier alpha value is -1.85. The first-order valence-electron chi connectivity index (χ1n) is 10.6. The topological polar surface area (TPSA) is 78.9 Å². The number of hydrogen-bond donors (Lipinski definition) is 0. The highest BCUT2D eigenvalue weighted by molar-refractivity contribution is 5.71. The van der Waals surface area contributed by atoms with Crippen LogP contribution in [0, 0.1) is 0 Å². The summed E-state index contributed by atoms with van der Waals surface area (Å²) in [5.74, 6) is -1.04. The Bertz CT molecular complexity index is 436. The van der Waals surface area contributed by atoms with Crippen molar-refractivity contribution in [3.63, 3.8) is 0 Å². The second-order valence-electron chi connectivity index (χ2n) is 6.85. The molecule has 6 heteroatoms. The van der Waals surface area contributed by atoms with Gasteiger partial charge < -0.3 is 14.2 Å². The number of hydrogen-bond acceptors (Lipinski definition) is 6. The summed E-state index contributed by atoms with van der Waals surface area (Å²) in [5, 5.41) is 0. The van der Waals surface area contributed by atoms with E-state index in [1.54, 1.807) is 0 Å². The first-order valence-corrected chi connectivity index (χ1v) is 10.6. The van der Waals surface area contributed by atoms with Crippen LogP contribution < -0.4 is 0 Å². The Kier molecular flexibility index (Phi) is 17.3. The lowest BCUT2D eigenvalue weighted by molar-refractivity contribution is -0.166. The Morgan fingerprint density at radius 3 is 1.82 bits per heavy atom. The molecule has 6 nitrogen and oxygen atoms in total. The van der Waals surface area contributed by atoms with Gasteiger partial charge in [-0.25, -0.2) is 0 Å². The molecule has 0 bridgehead atoms. The third-order valence-corrected chi connectivity index (χ3v) is 4.05. The third-order valence-electron chi connectivity index (χ3n) is 4.05. The molecule has 0 saturated carbocycles. The van der Waals surface area contributed by atoms with E-state index in [-0.39, 0.29) is 31.1 Å². The molecule has 0 N–H and O–H groups in total. The number of rotatable bonds is 17. The van der Waals surface area contributed by atoms with Gasteiger partial charge in [-0.1, -0.05) is 45.3 Å². The summed E-state index contributed by atoms with van der Waals surface area (Å²) >= 11 is 0. The monoisotopic (exact) mass is 398 g/mol. The minimum atomic E-state index is -0.755. The minimum absolute atomic E-state index is 0.0884. The maximum atomic E-state index is 12.1. The smallest absolute Gasteiger partial charge is 0.306 e. The van der Waals surface area contributed by atoms with Gasteiger partial charge in [0.25, 0.3) is 0 Å². The van der Waals surface area contributed by atoms with Crippen LogP contribution in [0.3, 0.4) is 0 Å². The molecule has 0 unspecified atom stereocenters. The first kappa shape index (κ1) is 26.1. The average Bonchev–Trinajstić information content (AvgIpc) is 2.66. The molecule has 0 aliphatic heterocycles. The predicted molar refractivity (Wildman–Crippen MR) is 109 cm³/mol. The summed E-state index contributed by atoms with van der Waals surface area (Å²) in [6, 6.07) is 0. The highest BCUT2D eigenvalue weighted by Gasteiger charge is 2.19. The van der Waals surface area contributed by atoms with Gasteiger partial charge in [-0.05, 0) is 39.0 Å². The van der Waals surface area contributed by atoms with Crippen LogP contribution in [-0.4, -0.2) is 37.2 Å². The van der Waals surface area contributed by atoms with E-state index in [2.05, 4.69) is 12.2 Å². The number of esters is 3. The van der Waals surface area contributed by atoms with Crippen LogP contribution in [0.4, 0.5) is 0 Å². The Morgan fingerprint density at radius 2 is 1.29 bits per heavy atom. The van der Waals surface area contributed by atoms with Crippen molar-refractivity contribution in [3.8, 4) is 0 Å². The van der Waals surface area contributed by atoms with Gasteiger partial charge in [-0.15, -0.1) is 0 Å². The maximum Gasteiger partial charge on any atom is 0.306 e. The fourth-order valence-corrected chi connectivity index (χ4v) is 2.51. The molecule has 0 saturated heterocycles. The summed E-state index contributed by atoms with van der Waals surface area (Å²) in [6.07, 6.45) is 12.0. The second kappa shape index (κ2) is 18.5. The SMILES string of the molecule is C/C=C\CCCCCCCC(=O)OC(COC(=O)CCC)COC(=O)CCC. The average molecular weight is 399 g/mol. The van der Waals surface area contributed by atoms with Crippen molar-refractivity contribution in [2.75, 3.05) is 13.2 Å². The standard InChI is InChI=1S/C22H38O6/c1-4-7-8-9-10-11-12-13-16-22(25)28-19(17-26-20(23)14-5-2)18-27-21(24)15-6-3/h4,7,19H,5-6,8-18H2,1-3H3/b7-4-. The molecule has 0 fully saturated rings. The number of carbonyl (C=O) groups excluding carboxylic acids is 3. The van der Waals surface area contributed by atoms with Gasteiger partial charge in [0.1, 0.15) is 13.2 Å². The molecule has 0 aromatic carbocycles. The summed E-state index contributed by atoms with van der Waals surface area (Å²) < 4.78 is 15.6. The largest absolute Gasteiger partial charge is 0.462 e. The van der Waals surface area contributed by atoms with E-state index >= 15 is 0 Å². The quantitative estimate of drug-likeness (QED) is 0.150. The Morgan fingerprint density at radius 1 is 0.750 bits per heavy atom. The van der Waals surface area contributed by atoms with E-state index in [9.17, 15) is 14.4 Å². The minimum Gasteiger partial charge on any atom is -0.462 e. The lowest BCUT2D eigenvalue weighted by Crippen LogP contribution is -2.30. The van der Waals surface area contributed by atoms with Crippen LogP contribution >= 0.6 is 0 Å². The molecule has 0 amide bonds. The highest BCUT2D eigenvalue weighted by atomic mass is 16.6. The molecule has 0 aromatic rings. The first-order chi connectivity index (χ1) is 13.5. The number of unbranched alkanes of at least 4 members (excludes halogenated alkanes) is 5. The van der Waals surface area contributed by atoms with Gasteiger partial charge in [0.05, 0.1) is 0 Å². The molecular weight excluding hydrogens is 360 g/mol. The molecule has 28 heavy (non-hydrogen) atoms. The van der Waals surface area contributed by atoms with E-state index in [0.29, 0.717) is 32.1 Å². The molecule has 162 valence electrons. The zero-order chi connectivity index (χ0) is 21.0. The zero-order valence-corrected chi connectivity index (χ0v) is 17.9. The van der Waals surface area contributed by atoms with Crippen molar-refractivity contribution < 1.29 is 28.6 Å². The summed E-state index contributed by atoms with van der Waals surface area (Å²) in [4.78, 5) is 35.1. The Balaban J connectivity index is 4.17. The maximum absolute atomic E-state index is 12.1. The van der Waals surface area contributed by atoms with Gasteiger partial charge >= 0.3 is 17.9 Å². The lowest BCUT2D eigenvalue weighted by Gasteiger charge is -2.18. The molecule has 0 rings (SSSR count). The third kappa shape index (κ3) is 16.3. The number of carbonyl (C=O) groups is 3. The molecule has 0 atom stereocenters. The fourth-order valence-electron chi connectivity index (χ4n) is 2.51. The van der Waals surface area contributed by atoms with Crippen LogP contribution in [0.5, 0.6) is 0 Å². The molecular formula is C22H38O6. The van der Waals surface area contributed by atoms with E-state index < -0.39 is 6.10 Å². The van der Waals surface area contributed by atoms with Crippen molar-refractivity contribution in [3.05, 3.63) is 12.2 Å². The summed E-state index contributed by atoms with van der Waals surface area (Å²) in [7, 11) is 0. The fraction of sp³-hybridized carbons (Fsp3) is 0.773. The van der Waals surface area contributed by atoms with Gasteiger partial charge in [-0.3, -0.25) is 14.4 Å². The molecule has 0 aliphatic rings. The van der Waals surface area contributed by atoms with E-state index in [4.69, 9.17) is 14.2 Å². The molecule has 0 heterocycles. The molecule has 0 aromatic heterocycles. The summed E-state index contributed by atoms with van der Waals surface area (Å²) in [5.41, 5.74) is 0. The number of allylic oxidation sites excluding steroid dienone is 2.